The highest BCUT2D eigenvalue weighted by Gasteiger charge is 2.80. The number of ether oxygens (including phenoxy) is 2. The fraction of sp³-hybridized carbons (Fsp3) is 0.677. The van der Waals surface area contributed by atoms with Crippen molar-refractivity contribution < 1.29 is 48.1 Å². The Morgan fingerprint density at radius 3 is 2.52 bits per heavy atom. The predicted octanol–water partition coefficient (Wildman–Crippen LogP) is 7.86. The molecule has 4 saturated heterocycles. The van der Waals surface area contributed by atoms with Gasteiger partial charge in [0.2, 0.25) is 23.3 Å². The highest BCUT2D eigenvalue weighted by atomic mass is 32.2. The van der Waals surface area contributed by atoms with E-state index in [1.165, 1.54) is 64.0 Å². The second-order valence-electron chi connectivity index (χ2n) is 26.6. The summed E-state index contributed by atoms with van der Waals surface area (Å²) in [5, 5.41) is 30.2. The van der Waals surface area contributed by atoms with Crippen LogP contribution in [0.2, 0.25) is 18.1 Å². The molecule has 16 nitrogen and oxygen atoms in total. The number of rotatable bonds is 21. The Labute approximate surface area is 496 Å². The first kappa shape index (κ1) is 60.3. The van der Waals surface area contributed by atoms with Crippen LogP contribution >= 0.6 is 11.8 Å². The van der Waals surface area contributed by atoms with Gasteiger partial charge in [-0.15, -0.1) is 11.8 Å². The third-order valence-electron chi connectivity index (χ3n) is 21.6. The maximum Gasteiger partial charge on any atom is 0.342 e. The van der Waals surface area contributed by atoms with E-state index in [0.29, 0.717) is 50.9 Å². The van der Waals surface area contributed by atoms with E-state index in [0.717, 1.165) is 107 Å². The van der Waals surface area contributed by atoms with Crippen molar-refractivity contribution in [1.82, 2.24) is 25.0 Å². The second kappa shape index (κ2) is 23.7. The van der Waals surface area contributed by atoms with Gasteiger partial charge in [-0.1, -0.05) is 75.9 Å². The van der Waals surface area contributed by atoms with Crippen LogP contribution in [-0.2, 0) is 55.1 Å². The van der Waals surface area contributed by atoms with Crippen molar-refractivity contribution in [3.8, 4) is 0 Å². The van der Waals surface area contributed by atoms with Gasteiger partial charge in [-0.2, -0.15) is 0 Å². The van der Waals surface area contributed by atoms with Gasteiger partial charge in [-0.25, -0.2) is 4.79 Å². The highest BCUT2D eigenvalue weighted by Crippen LogP contribution is 2.68. The van der Waals surface area contributed by atoms with Crippen molar-refractivity contribution in [3.05, 3.63) is 76.5 Å². The quantitative estimate of drug-likeness (QED) is 0.0265. The molecule has 18 heteroatoms. The largest absolute Gasteiger partial charge is 0.467 e. The minimum absolute atomic E-state index is 0.0563. The zero-order chi connectivity index (χ0) is 58.7. The van der Waals surface area contributed by atoms with Crippen LogP contribution in [0, 0.1) is 18.3 Å². The number of nitrogens with one attached hydrogen (secondary N) is 2. The van der Waals surface area contributed by atoms with Crippen LogP contribution in [0.3, 0.4) is 0 Å². The number of Topliss-reactive ketones (excluding diaryl/α,β-unsaturated/α-hetero) is 1. The number of amides is 3. The predicted molar refractivity (Wildman–Crippen MR) is 326 cm³/mol. The van der Waals surface area contributed by atoms with E-state index in [2.05, 4.69) is 108 Å². The lowest BCUT2D eigenvalue weighted by Crippen LogP contribution is -2.82. The van der Waals surface area contributed by atoms with Crippen molar-refractivity contribution in [3.63, 3.8) is 0 Å². The zero-order valence-corrected chi connectivity index (χ0v) is 52.3. The summed E-state index contributed by atoms with van der Waals surface area (Å²) in [5.41, 5.74) is 3.70. The fourth-order valence-corrected chi connectivity index (χ4v) is 23.8. The monoisotopic (exact) mass is 1180 g/mol. The molecule has 2 bridgehead atoms. The SMILES string of the molecule is CC[C@]1(O)CC2CN(CCc3c([nH]c4ccccc34)[C@@](C)(c3cc4c(cc3C)N(C)[C@H]3[C@@](O)(C(=O)OC)[C@H](O[Si]5(CCCCC(=O)NCCOCCN6C(=O)CC(SCCC(C)=O)C6=O)CCCCC5)[C@]5(CC)C=CCN6CC[C@]43[C@@H]65)C2)C1. The number of H-pyrrole nitrogens is 1. The molecule has 7 aliphatic heterocycles. The molecule has 11 rings (SSSR count). The van der Waals surface area contributed by atoms with Crippen LogP contribution < -0.4 is 10.2 Å². The van der Waals surface area contributed by atoms with Crippen LogP contribution in [0.1, 0.15) is 139 Å². The molecule has 8 aliphatic rings. The maximum atomic E-state index is 15.3. The summed E-state index contributed by atoms with van der Waals surface area (Å²) in [5.74, 6) is -0.364. The lowest BCUT2D eigenvalue weighted by Gasteiger charge is -2.65. The first-order valence-corrected chi connectivity index (χ1v) is 35.0. The molecule has 4 N–H and O–H groups in total. The summed E-state index contributed by atoms with van der Waals surface area (Å²) < 4.78 is 19.6. The third kappa shape index (κ3) is 10.5. The number of carbonyl (C=O) groups excluding carboxylic acids is 5. The number of fused-ring (bicyclic) bond motifs is 6. The first-order valence-electron chi connectivity index (χ1n) is 31.4. The number of anilines is 1. The number of ketones is 1. The van der Waals surface area contributed by atoms with Crippen molar-refractivity contribution in [2.75, 3.05) is 83.8 Å². The Balaban J connectivity index is 0.850. The molecule has 11 atom stereocenters. The zero-order valence-electron chi connectivity index (χ0n) is 50.5. The molecule has 83 heavy (non-hydrogen) atoms. The first-order chi connectivity index (χ1) is 39.8. The molecule has 8 heterocycles. The minimum atomic E-state index is -2.70. The average Bonchev–Trinajstić information content (AvgIpc) is 1.61. The van der Waals surface area contributed by atoms with E-state index in [9.17, 15) is 29.4 Å². The number of likely N-dealkylation sites (N-methyl/N-ethyl adjacent to an activating group) is 1. The topological polar surface area (TPSA) is 194 Å². The maximum absolute atomic E-state index is 15.3. The third-order valence-corrected chi connectivity index (χ3v) is 27.3. The Bertz CT molecular complexity index is 3000. The van der Waals surface area contributed by atoms with Gasteiger partial charge in [-0.3, -0.25) is 33.9 Å². The van der Waals surface area contributed by atoms with Crippen molar-refractivity contribution in [1.29, 1.82) is 0 Å². The fourth-order valence-electron chi connectivity index (χ4n) is 17.9. The highest BCUT2D eigenvalue weighted by molar-refractivity contribution is 8.00. The molecule has 1 aliphatic carbocycles. The molecule has 452 valence electrons. The number of piperidine rings is 1. The molecule has 0 radical (unpaired) electrons. The number of aromatic amines is 1. The summed E-state index contributed by atoms with van der Waals surface area (Å²) in [4.78, 5) is 78.0. The van der Waals surface area contributed by atoms with E-state index >= 15 is 4.79 Å². The number of nitrogens with zero attached hydrogens (tertiary/aromatic N) is 4. The Hall–Kier alpha value is -4.40. The minimum Gasteiger partial charge on any atom is -0.467 e. The van der Waals surface area contributed by atoms with Gasteiger partial charge in [0, 0.05) is 109 Å². The molecular weight excluding hydrogens is 1080 g/mol. The molecule has 3 unspecified atom stereocenters. The van der Waals surface area contributed by atoms with Gasteiger partial charge in [0.05, 0.1) is 49.9 Å². The van der Waals surface area contributed by atoms with Crippen LogP contribution in [0.5, 0.6) is 0 Å². The van der Waals surface area contributed by atoms with Gasteiger partial charge in [0.15, 0.2) is 8.32 Å². The van der Waals surface area contributed by atoms with E-state index in [1.54, 1.807) is 0 Å². The number of esters is 1. The van der Waals surface area contributed by atoms with Crippen LogP contribution in [0.25, 0.3) is 10.9 Å². The summed E-state index contributed by atoms with van der Waals surface area (Å²) in [6.07, 6.45) is 13.8. The lowest BCUT2D eigenvalue weighted by molar-refractivity contribution is -0.214. The molecule has 1 spiro atoms. The number of unbranched alkanes of at least 4 members (excludes halogenated alkanes) is 1. The molecule has 1 saturated carbocycles. The number of aliphatic hydroxyl groups is 2. The van der Waals surface area contributed by atoms with E-state index in [1.807, 2.05) is 0 Å². The van der Waals surface area contributed by atoms with Crippen molar-refractivity contribution in [2.24, 2.45) is 11.3 Å². The summed E-state index contributed by atoms with van der Waals surface area (Å²) in [6, 6.07) is 15.5. The number of methoxy groups -OCH3 is 1. The number of likely N-dealkylation sites (tertiary alicyclic amines) is 1. The van der Waals surface area contributed by atoms with Crippen molar-refractivity contribution in [2.45, 2.75) is 188 Å². The smallest absolute Gasteiger partial charge is 0.342 e. The normalized spacial score (nSPS) is 33.5. The van der Waals surface area contributed by atoms with Gasteiger partial charge in [-0.05, 0) is 131 Å². The van der Waals surface area contributed by atoms with E-state index in [4.69, 9.17) is 13.9 Å². The number of aryl methyl sites for hydroxylation is 1. The van der Waals surface area contributed by atoms with Gasteiger partial charge in [0.1, 0.15) is 5.78 Å². The van der Waals surface area contributed by atoms with Gasteiger partial charge >= 0.3 is 5.97 Å². The number of benzene rings is 2. The Kier molecular flexibility index (Phi) is 17.2. The second-order valence-corrected chi connectivity index (χ2v) is 32.0. The van der Waals surface area contributed by atoms with E-state index < -0.39 is 59.1 Å². The lowest BCUT2D eigenvalue weighted by atomic mass is 9.47. The number of para-hydroxylation sites is 1. The molecule has 5 fully saturated rings. The van der Waals surface area contributed by atoms with Crippen LogP contribution in [-0.4, -0.2) is 181 Å². The number of carbonyl (C=O) groups is 5. The van der Waals surface area contributed by atoms with E-state index in [-0.39, 0.29) is 61.6 Å². The molecule has 3 aromatic rings. The number of hydrogen-bond acceptors (Lipinski definition) is 14. The number of imide groups is 1. The molecule has 2 aromatic carbocycles. The van der Waals surface area contributed by atoms with Crippen LogP contribution in [0.4, 0.5) is 5.69 Å². The Morgan fingerprint density at radius 2 is 1.76 bits per heavy atom. The Morgan fingerprint density at radius 1 is 0.964 bits per heavy atom. The van der Waals surface area contributed by atoms with Gasteiger partial charge in [0.25, 0.3) is 0 Å². The number of aromatic nitrogens is 1. The average molecular weight is 1180 g/mol. The van der Waals surface area contributed by atoms with Crippen LogP contribution in [0.15, 0.2) is 48.6 Å². The molecular formula is C65H92N6O10SSi. The summed E-state index contributed by atoms with van der Waals surface area (Å²) in [6.45, 7) is 15.5. The summed E-state index contributed by atoms with van der Waals surface area (Å²) in [7, 11) is 0.805. The van der Waals surface area contributed by atoms with Gasteiger partial charge < -0.3 is 39.3 Å². The number of thioether (sulfide) groups is 1. The summed E-state index contributed by atoms with van der Waals surface area (Å²) >= 11 is 1.35. The standard InChI is InChI=1S/C65H92N6O10SSi/c1-8-62(77)40-45-39-61(5,55-47(21-27-69(41-45)42-62)46-18-11-12-19-50(46)67-55)48-37-49-51(36-43(48)3)68(6)58-64(49)24-28-70-26-17-23-63(9-2,57(64)70)59(65(58,78)60(76)79-7)81-83(33-14-10-15-34-83)35-16-13-20-53(73)66-25-30-80-31-29-71-54(74)38-52(56(71)75)82-32-22-44(4)72/h11-12,17-19,23,36-37,45,52,57-59,67,77-78H,8-10,13-16,20-22,24-35,38-42H2,1-7H3,(H,66,73)/t45?,52?,57-,58+,59+,61+,62-,63+,64+,65-/m0/s1. The molecule has 1 aromatic heterocycles. The number of hydrogen-bond donors (Lipinski definition) is 4. The van der Waals surface area contributed by atoms with Crippen molar-refractivity contribution >= 4 is 66.1 Å². The molecule has 3 amide bonds.